The molecule has 1 aromatic heterocycles. The highest BCUT2D eigenvalue weighted by atomic mass is 16.2. The number of anilines is 1. The van der Waals surface area contributed by atoms with Crippen LogP contribution in [0.2, 0.25) is 0 Å². The van der Waals surface area contributed by atoms with E-state index in [2.05, 4.69) is 20.6 Å². The van der Waals surface area contributed by atoms with E-state index in [4.69, 9.17) is 0 Å². The quantitative estimate of drug-likeness (QED) is 0.841. The zero-order valence-electron chi connectivity index (χ0n) is 9.13. The fourth-order valence-corrected chi connectivity index (χ4v) is 1.30. The van der Waals surface area contributed by atoms with Crippen LogP contribution >= 0.6 is 0 Å². The molecule has 1 heterocycles. The summed E-state index contributed by atoms with van der Waals surface area (Å²) in [5.41, 5.74) is 1.04. The molecule has 2 amide bonds. The third kappa shape index (κ3) is 3.57. The molecule has 0 fully saturated rings. The van der Waals surface area contributed by atoms with Gasteiger partial charge in [-0.1, -0.05) is 30.3 Å². The normalized spacial score (nSPS) is 9.65. The first-order valence-corrected chi connectivity index (χ1v) is 5.19. The van der Waals surface area contributed by atoms with Crippen LogP contribution in [-0.2, 0) is 6.54 Å². The summed E-state index contributed by atoms with van der Waals surface area (Å²) < 4.78 is 0. The van der Waals surface area contributed by atoms with Gasteiger partial charge in [0.1, 0.15) is 0 Å². The molecule has 2 rings (SSSR count). The molecule has 86 valence electrons. The summed E-state index contributed by atoms with van der Waals surface area (Å²) in [4.78, 5) is 19.3. The van der Waals surface area contributed by atoms with E-state index in [9.17, 15) is 4.79 Å². The Hall–Kier alpha value is -2.43. The van der Waals surface area contributed by atoms with Crippen LogP contribution in [0.4, 0.5) is 10.6 Å². The van der Waals surface area contributed by atoms with Crippen LogP contribution in [0, 0.1) is 0 Å². The van der Waals surface area contributed by atoms with Crippen molar-refractivity contribution in [2.24, 2.45) is 0 Å². The van der Waals surface area contributed by atoms with E-state index in [0.29, 0.717) is 12.4 Å². The summed E-state index contributed by atoms with van der Waals surface area (Å²) in [7, 11) is 0. The summed E-state index contributed by atoms with van der Waals surface area (Å²) in [5.74, 6) is 0.429. The van der Waals surface area contributed by atoms with Crippen LogP contribution < -0.4 is 10.6 Å². The summed E-state index contributed by atoms with van der Waals surface area (Å²) in [6.45, 7) is 0.479. The molecule has 0 atom stereocenters. The van der Waals surface area contributed by atoms with E-state index in [0.717, 1.165) is 5.56 Å². The molecule has 0 bridgehead atoms. The fourth-order valence-electron chi connectivity index (χ4n) is 1.30. The Labute approximate surface area is 98.9 Å². The second-order valence-electron chi connectivity index (χ2n) is 3.38. The predicted molar refractivity (Wildman–Crippen MR) is 64.3 cm³/mol. The average Bonchev–Trinajstić information content (AvgIpc) is 2.39. The topological polar surface area (TPSA) is 66.9 Å². The number of nitrogens with one attached hydrogen (secondary N) is 2. The molecule has 0 radical (unpaired) electrons. The van der Waals surface area contributed by atoms with Gasteiger partial charge in [0.05, 0.1) is 6.20 Å². The smallest absolute Gasteiger partial charge is 0.320 e. The molecule has 0 aliphatic heterocycles. The largest absolute Gasteiger partial charge is 0.334 e. The molecule has 17 heavy (non-hydrogen) atoms. The minimum Gasteiger partial charge on any atom is -0.334 e. The van der Waals surface area contributed by atoms with Crippen molar-refractivity contribution in [2.75, 3.05) is 5.32 Å². The minimum absolute atomic E-state index is 0.297. The first kappa shape index (κ1) is 11.1. The number of rotatable bonds is 3. The van der Waals surface area contributed by atoms with Crippen molar-refractivity contribution < 1.29 is 4.79 Å². The van der Waals surface area contributed by atoms with Gasteiger partial charge in [-0.3, -0.25) is 10.3 Å². The second kappa shape index (κ2) is 5.60. The van der Waals surface area contributed by atoms with Gasteiger partial charge in [0, 0.05) is 18.9 Å². The van der Waals surface area contributed by atoms with Crippen molar-refractivity contribution >= 4 is 11.8 Å². The summed E-state index contributed by atoms with van der Waals surface area (Å²) in [6, 6.07) is 9.39. The maximum absolute atomic E-state index is 11.5. The van der Waals surface area contributed by atoms with Gasteiger partial charge in [-0.15, -0.1) is 0 Å². The average molecular weight is 228 g/mol. The standard InChI is InChI=1S/C12H12N4O/c17-12(16-11-9-13-6-7-14-11)15-8-10-4-2-1-3-5-10/h1-7,9H,8H2,(H2,14,15,16,17). The van der Waals surface area contributed by atoms with Crippen LogP contribution in [0.25, 0.3) is 0 Å². The van der Waals surface area contributed by atoms with Crippen molar-refractivity contribution in [3.8, 4) is 0 Å². The van der Waals surface area contributed by atoms with E-state index in [-0.39, 0.29) is 6.03 Å². The summed E-state index contributed by atoms with van der Waals surface area (Å²) in [6.07, 6.45) is 4.56. The Morgan fingerprint density at radius 1 is 1.18 bits per heavy atom. The lowest BCUT2D eigenvalue weighted by molar-refractivity contribution is 0.251. The molecule has 0 unspecified atom stereocenters. The van der Waals surface area contributed by atoms with E-state index >= 15 is 0 Å². The highest BCUT2D eigenvalue weighted by Gasteiger charge is 2.01. The maximum atomic E-state index is 11.5. The zero-order chi connectivity index (χ0) is 11.9. The van der Waals surface area contributed by atoms with E-state index in [1.54, 1.807) is 6.20 Å². The maximum Gasteiger partial charge on any atom is 0.320 e. The number of benzene rings is 1. The summed E-state index contributed by atoms with van der Waals surface area (Å²) in [5, 5.41) is 5.32. The number of amides is 2. The van der Waals surface area contributed by atoms with E-state index < -0.39 is 0 Å². The van der Waals surface area contributed by atoms with Crippen molar-refractivity contribution in [3.05, 3.63) is 54.5 Å². The Morgan fingerprint density at radius 2 is 2.00 bits per heavy atom. The van der Waals surface area contributed by atoms with Gasteiger partial charge in [-0.05, 0) is 5.56 Å². The number of hydrogen-bond acceptors (Lipinski definition) is 3. The van der Waals surface area contributed by atoms with Gasteiger partial charge in [0.2, 0.25) is 0 Å². The van der Waals surface area contributed by atoms with Crippen LogP contribution in [-0.4, -0.2) is 16.0 Å². The van der Waals surface area contributed by atoms with Crippen LogP contribution in [0.1, 0.15) is 5.56 Å². The zero-order valence-corrected chi connectivity index (χ0v) is 9.13. The molecule has 5 heteroatoms. The van der Waals surface area contributed by atoms with Crippen molar-refractivity contribution in [3.63, 3.8) is 0 Å². The molecular weight excluding hydrogens is 216 g/mol. The number of hydrogen-bond donors (Lipinski definition) is 2. The molecule has 5 nitrogen and oxygen atoms in total. The fraction of sp³-hybridized carbons (Fsp3) is 0.0833. The van der Waals surface area contributed by atoms with Gasteiger partial charge >= 0.3 is 6.03 Å². The van der Waals surface area contributed by atoms with E-state index in [1.807, 2.05) is 30.3 Å². The molecule has 0 aliphatic rings. The minimum atomic E-state index is -0.297. The first-order chi connectivity index (χ1) is 8.34. The molecule has 0 saturated heterocycles. The lowest BCUT2D eigenvalue weighted by Gasteiger charge is -2.06. The lowest BCUT2D eigenvalue weighted by atomic mass is 10.2. The summed E-state index contributed by atoms with van der Waals surface area (Å²) >= 11 is 0. The van der Waals surface area contributed by atoms with Gasteiger partial charge in [0.15, 0.2) is 5.82 Å². The van der Waals surface area contributed by atoms with Crippen molar-refractivity contribution in [2.45, 2.75) is 6.54 Å². The molecule has 0 aliphatic carbocycles. The molecule has 0 saturated carbocycles. The number of carbonyl (C=O) groups excluding carboxylic acids is 1. The Bertz CT molecular complexity index is 472. The molecule has 0 spiro atoms. The van der Waals surface area contributed by atoms with Crippen LogP contribution in [0.5, 0.6) is 0 Å². The molecule has 2 N–H and O–H groups in total. The van der Waals surface area contributed by atoms with Crippen molar-refractivity contribution in [1.29, 1.82) is 0 Å². The van der Waals surface area contributed by atoms with Gasteiger partial charge < -0.3 is 5.32 Å². The van der Waals surface area contributed by atoms with Crippen LogP contribution in [0.3, 0.4) is 0 Å². The molecule has 1 aromatic carbocycles. The van der Waals surface area contributed by atoms with Crippen LogP contribution in [0.15, 0.2) is 48.9 Å². The first-order valence-electron chi connectivity index (χ1n) is 5.19. The monoisotopic (exact) mass is 228 g/mol. The van der Waals surface area contributed by atoms with Gasteiger partial charge in [-0.25, -0.2) is 9.78 Å². The van der Waals surface area contributed by atoms with Gasteiger partial charge in [0.25, 0.3) is 0 Å². The van der Waals surface area contributed by atoms with Gasteiger partial charge in [-0.2, -0.15) is 0 Å². The number of nitrogens with zero attached hydrogens (tertiary/aromatic N) is 2. The molecule has 2 aromatic rings. The van der Waals surface area contributed by atoms with Crippen molar-refractivity contribution in [1.82, 2.24) is 15.3 Å². The number of carbonyl (C=O) groups is 1. The second-order valence-corrected chi connectivity index (χ2v) is 3.38. The third-order valence-corrected chi connectivity index (χ3v) is 2.10. The number of aromatic nitrogens is 2. The van der Waals surface area contributed by atoms with E-state index in [1.165, 1.54) is 12.4 Å². The SMILES string of the molecule is O=C(NCc1ccccc1)Nc1cnccn1. The molecular formula is C12H12N4O. The highest BCUT2D eigenvalue weighted by Crippen LogP contribution is 1.99. The highest BCUT2D eigenvalue weighted by molar-refractivity contribution is 5.87. The third-order valence-electron chi connectivity index (χ3n) is 2.10. The predicted octanol–water partition coefficient (Wildman–Crippen LogP) is 1.80. The Morgan fingerprint density at radius 3 is 2.71 bits per heavy atom. The number of urea groups is 1. The lowest BCUT2D eigenvalue weighted by Crippen LogP contribution is -2.28. The Kier molecular flexibility index (Phi) is 3.64. The Balaban J connectivity index is 1.83.